The summed E-state index contributed by atoms with van der Waals surface area (Å²) in [7, 11) is 1.78. The maximum absolute atomic E-state index is 13.0. The fourth-order valence-electron chi connectivity index (χ4n) is 1.57. The van der Waals surface area contributed by atoms with E-state index in [1.807, 2.05) is 6.92 Å². The first-order valence-corrected chi connectivity index (χ1v) is 7.17. The zero-order valence-corrected chi connectivity index (χ0v) is 12.0. The topological polar surface area (TPSA) is 35.8 Å². The number of hydrogen-bond acceptors (Lipinski definition) is 3. The van der Waals surface area contributed by atoms with Gasteiger partial charge in [0.2, 0.25) is 0 Å². The van der Waals surface area contributed by atoms with Crippen molar-refractivity contribution in [2.45, 2.75) is 36.6 Å². The summed E-state index contributed by atoms with van der Waals surface area (Å²) < 4.78 is 25.7. The molecule has 0 saturated carbocycles. The summed E-state index contributed by atoms with van der Waals surface area (Å²) in [6.45, 7) is 1.87. The molecule has 2 nitrogen and oxygen atoms in total. The molecule has 1 N–H and O–H groups in total. The Morgan fingerprint density at radius 2 is 2.05 bits per heavy atom. The molecule has 1 aromatic carbocycles. The first-order chi connectivity index (χ1) is 9.00. The summed E-state index contributed by atoms with van der Waals surface area (Å²) in [6, 6.07) is 6.18. The monoisotopic (exact) mass is 284 g/mol. The molecule has 0 spiro atoms. The lowest BCUT2D eigenvalue weighted by Gasteiger charge is -2.20. The standard InChI is InChI=1S/C14H18F2N2S/c1-14(10-17,18-2)7-3-4-8-19-11-5-6-12(15)13(16)9-11/h5-6,9,18H,3-4,7-8H2,1-2H3. The molecule has 0 fully saturated rings. The van der Waals surface area contributed by atoms with Crippen LogP contribution in [-0.2, 0) is 0 Å². The molecule has 0 aliphatic rings. The lowest BCUT2D eigenvalue weighted by atomic mass is 9.97. The van der Waals surface area contributed by atoms with Crippen LogP contribution in [0.25, 0.3) is 0 Å². The molecule has 1 unspecified atom stereocenters. The minimum Gasteiger partial charge on any atom is -0.303 e. The van der Waals surface area contributed by atoms with Crippen molar-refractivity contribution in [2.24, 2.45) is 0 Å². The van der Waals surface area contributed by atoms with Crippen molar-refractivity contribution in [3.05, 3.63) is 29.8 Å². The van der Waals surface area contributed by atoms with Crippen molar-refractivity contribution in [1.82, 2.24) is 5.32 Å². The largest absolute Gasteiger partial charge is 0.303 e. The van der Waals surface area contributed by atoms with Crippen molar-refractivity contribution < 1.29 is 8.78 Å². The van der Waals surface area contributed by atoms with Gasteiger partial charge in [-0.15, -0.1) is 11.8 Å². The van der Waals surface area contributed by atoms with E-state index in [9.17, 15) is 8.78 Å². The van der Waals surface area contributed by atoms with E-state index in [-0.39, 0.29) is 0 Å². The average Bonchev–Trinajstić information content (AvgIpc) is 2.42. The Labute approximate surface area is 117 Å². The van der Waals surface area contributed by atoms with Crippen LogP contribution in [0.15, 0.2) is 23.1 Å². The SMILES string of the molecule is CNC(C)(C#N)CCCCSc1ccc(F)c(F)c1. The lowest BCUT2D eigenvalue weighted by molar-refractivity contribution is 0.439. The Kier molecular flexibility index (Phi) is 6.26. The van der Waals surface area contributed by atoms with Crippen LogP contribution in [0.3, 0.4) is 0 Å². The Morgan fingerprint density at radius 1 is 1.32 bits per heavy atom. The van der Waals surface area contributed by atoms with Crippen LogP contribution in [-0.4, -0.2) is 18.3 Å². The van der Waals surface area contributed by atoms with E-state index >= 15 is 0 Å². The molecule has 0 saturated heterocycles. The minimum absolute atomic E-state index is 0.480. The molecule has 0 amide bonds. The van der Waals surface area contributed by atoms with Crippen molar-refractivity contribution in [3.63, 3.8) is 0 Å². The van der Waals surface area contributed by atoms with Gasteiger partial charge in [0.1, 0.15) is 5.54 Å². The number of hydrogen-bond donors (Lipinski definition) is 1. The fourth-order valence-corrected chi connectivity index (χ4v) is 2.51. The van der Waals surface area contributed by atoms with Crippen molar-refractivity contribution in [1.29, 1.82) is 5.26 Å². The van der Waals surface area contributed by atoms with Crippen LogP contribution in [0, 0.1) is 23.0 Å². The third kappa shape index (κ3) is 5.17. The quantitative estimate of drug-likeness (QED) is 0.612. The van der Waals surface area contributed by atoms with E-state index in [0.717, 1.165) is 36.0 Å². The Morgan fingerprint density at radius 3 is 2.63 bits per heavy atom. The summed E-state index contributed by atoms with van der Waals surface area (Å²) >= 11 is 1.50. The maximum Gasteiger partial charge on any atom is 0.159 e. The average molecular weight is 284 g/mol. The summed E-state index contributed by atoms with van der Waals surface area (Å²) in [4.78, 5) is 0.732. The molecule has 0 aliphatic heterocycles. The normalized spacial score (nSPS) is 13.8. The smallest absolute Gasteiger partial charge is 0.159 e. The summed E-state index contributed by atoms with van der Waals surface area (Å²) in [5, 5.41) is 12.0. The van der Waals surface area contributed by atoms with Gasteiger partial charge in [0.25, 0.3) is 0 Å². The van der Waals surface area contributed by atoms with Crippen LogP contribution in [0.1, 0.15) is 26.2 Å². The molecule has 0 aliphatic carbocycles. The molecule has 19 heavy (non-hydrogen) atoms. The molecule has 0 radical (unpaired) electrons. The molecule has 1 rings (SSSR count). The molecular weight excluding hydrogens is 266 g/mol. The molecular formula is C14H18F2N2S. The molecule has 0 heterocycles. The third-order valence-corrected chi connectivity index (χ3v) is 4.11. The first-order valence-electron chi connectivity index (χ1n) is 6.19. The Bertz CT molecular complexity index is 459. The molecule has 0 bridgehead atoms. The second-order valence-corrected chi connectivity index (χ2v) is 5.74. The van der Waals surface area contributed by atoms with Gasteiger partial charge >= 0.3 is 0 Å². The summed E-state index contributed by atoms with van der Waals surface area (Å²) in [5.74, 6) is -0.795. The highest BCUT2D eigenvalue weighted by molar-refractivity contribution is 7.99. The van der Waals surface area contributed by atoms with Gasteiger partial charge < -0.3 is 5.32 Å². The third-order valence-electron chi connectivity index (χ3n) is 3.03. The van der Waals surface area contributed by atoms with E-state index in [1.54, 1.807) is 13.1 Å². The zero-order valence-electron chi connectivity index (χ0n) is 11.2. The Hall–Kier alpha value is -1.12. The van der Waals surface area contributed by atoms with E-state index in [2.05, 4.69) is 11.4 Å². The highest BCUT2D eigenvalue weighted by Crippen LogP contribution is 2.22. The highest BCUT2D eigenvalue weighted by atomic mass is 32.2. The number of unbranched alkanes of at least 4 members (excludes halogenated alkanes) is 1. The number of thioether (sulfide) groups is 1. The predicted octanol–water partition coefficient (Wildman–Crippen LogP) is 3.73. The van der Waals surface area contributed by atoms with Crippen molar-refractivity contribution >= 4 is 11.8 Å². The van der Waals surface area contributed by atoms with Crippen LogP contribution >= 0.6 is 11.8 Å². The van der Waals surface area contributed by atoms with Crippen molar-refractivity contribution in [2.75, 3.05) is 12.8 Å². The van der Waals surface area contributed by atoms with Crippen LogP contribution in [0.4, 0.5) is 8.78 Å². The number of halogens is 2. The van der Waals surface area contributed by atoms with E-state index < -0.39 is 17.2 Å². The van der Waals surface area contributed by atoms with Gasteiger partial charge in [-0.2, -0.15) is 5.26 Å². The number of benzene rings is 1. The number of nitriles is 1. The van der Waals surface area contributed by atoms with Gasteiger partial charge in [0.15, 0.2) is 11.6 Å². The highest BCUT2D eigenvalue weighted by Gasteiger charge is 2.19. The Balaban J connectivity index is 2.28. The lowest BCUT2D eigenvalue weighted by Crippen LogP contribution is -2.37. The minimum atomic E-state index is -0.817. The predicted molar refractivity (Wildman–Crippen MR) is 74.0 cm³/mol. The molecule has 104 valence electrons. The van der Waals surface area contributed by atoms with E-state index in [0.29, 0.717) is 0 Å². The number of rotatable bonds is 7. The molecule has 0 aromatic heterocycles. The van der Waals surface area contributed by atoms with Crippen LogP contribution < -0.4 is 5.32 Å². The van der Waals surface area contributed by atoms with Gasteiger partial charge in [-0.05, 0) is 57.2 Å². The molecule has 1 atom stereocenters. The van der Waals surface area contributed by atoms with Gasteiger partial charge in [0.05, 0.1) is 6.07 Å². The fraction of sp³-hybridized carbons (Fsp3) is 0.500. The van der Waals surface area contributed by atoms with Crippen molar-refractivity contribution in [3.8, 4) is 6.07 Å². The van der Waals surface area contributed by atoms with Gasteiger partial charge in [0, 0.05) is 4.90 Å². The molecule has 5 heteroatoms. The summed E-state index contributed by atoms with van der Waals surface area (Å²) in [5.41, 5.74) is -0.480. The van der Waals surface area contributed by atoms with Gasteiger partial charge in [-0.25, -0.2) is 8.78 Å². The second-order valence-electron chi connectivity index (χ2n) is 4.58. The number of nitrogens with zero attached hydrogens (tertiary/aromatic N) is 1. The van der Waals surface area contributed by atoms with Gasteiger partial charge in [-0.1, -0.05) is 0 Å². The van der Waals surface area contributed by atoms with Crippen LogP contribution in [0.5, 0.6) is 0 Å². The first kappa shape index (κ1) is 15.9. The second kappa shape index (κ2) is 7.46. The van der Waals surface area contributed by atoms with Gasteiger partial charge in [-0.3, -0.25) is 0 Å². The van der Waals surface area contributed by atoms with E-state index in [4.69, 9.17) is 5.26 Å². The zero-order chi connectivity index (χ0) is 14.3. The van der Waals surface area contributed by atoms with Crippen LogP contribution in [0.2, 0.25) is 0 Å². The van der Waals surface area contributed by atoms with E-state index in [1.165, 1.54) is 17.8 Å². The molecule has 1 aromatic rings. The summed E-state index contributed by atoms with van der Waals surface area (Å²) in [6.07, 6.45) is 2.63. The number of nitrogens with one attached hydrogen (secondary N) is 1. The maximum atomic E-state index is 13.0.